The van der Waals surface area contributed by atoms with Gasteiger partial charge in [-0.1, -0.05) is 49.3 Å². The maximum atomic E-state index is 11.9. The molecule has 6 heteroatoms. The molecule has 1 aromatic carbocycles. The monoisotopic (exact) mass is 344 g/mol. The normalized spacial score (nSPS) is 11.2. The number of carbonyl (C=O) groups excluding carboxylic acids is 1. The van der Waals surface area contributed by atoms with E-state index in [2.05, 4.69) is 51.7 Å². The number of nitrogens with zero attached hydrogens (tertiary/aromatic N) is 3. The Morgan fingerprint density at radius 2 is 2.04 bits per heavy atom. The Kier molecular flexibility index (Phi) is 7.60. The molecule has 1 amide bonds. The minimum Gasteiger partial charge on any atom is -0.356 e. The predicted octanol–water partition coefficient (Wildman–Crippen LogP) is 2.76. The molecule has 0 bridgehead atoms. The summed E-state index contributed by atoms with van der Waals surface area (Å²) in [7, 11) is 2.09. The van der Waals surface area contributed by atoms with Gasteiger partial charge in [-0.05, 0) is 25.6 Å². The number of benzene rings is 1. The van der Waals surface area contributed by atoms with E-state index in [-0.39, 0.29) is 11.8 Å². The lowest BCUT2D eigenvalue weighted by Gasteiger charge is -2.16. The first-order valence-electron chi connectivity index (χ1n) is 8.86. The van der Waals surface area contributed by atoms with Crippen molar-refractivity contribution in [2.45, 2.75) is 45.6 Å². The highest BCUT2D eigenvalue weighted by Gasteiger charge is 2.11. The lowest BCUT2D eigenvalue weighted by Crippen LogP contribution is -2.28. The fraction of sp³-hybridized carbons (Fsp3) is 0.526. The fourth-order valence-electron chi connectivity index (χ4n) is 2.46. The number of aromatic nitrogens is 2. The quantitative estimate of drug-likeness (QED) is 0.671. The molecule has 0 aliphatic carbocycles. The lowest BCUT2D eigenvalue weighted by atomic mass is 10.2. The first-order valence-corrected chi connectivity index (χ1v) is 8.86. The smallest absolute Gasteiger partial charge is 0.227 e. The topological polar surface area (TPSA) is 71.3 Å². The Morgan fingerprint density at radius 3 is 2.72 bits per heavy atom. The molecule has 0 spiro atoms. The third kappa shape index (κ3) is 7.05. The largest absolute Gasteiger partial charge is 0.356 e. The second kappa shape index (κ2) is 9.93. The van der Waals surface area contributed by atoms with E-state index in [1.807, 2.05) is 19.9 Å². The molecule has 0 saturated heterocycles. The molecule has 0 saturated carbocycles. The zero-order valence-corrected chi connectivity index (χ0v) is 15.4. The fourth-order valence-corrected chi connectivity index (χ4v) is 2.46. The zero-order valence-electron chi connectivity index (χ0n) is 15.4. The van der Waals surface area contributed by atoms with E-state index in [0.29, 0.717) is 31.1 Å². The standard InChI is InChI=1S/C19H28N4O2/c1-15(2)19-21-18(25-22-19)11-10-17(24)20-12-7-13-23(3)14-16-8-5-4-6-9-16/h4-6,8-9,15H,7,10-14H2,1-3H3,(H,20,24). The average Bonchev–Trinajstić information content (AvgIpc) is 3.07. The van der Waals surface area contributed by atoms with Crippen molar-refractivity contribution in [3.63, 3.8) is 0 Å². The molecule has 0 atom stereocenters. The minimum absolute atomic E-state index is 0.0232. The van der Waals surface area contributed by atoms with Crippen LogP contribution in [0.1, 0.15) is 49.9 Å². The number of hydrogen-bond acceptors (Lipinski definition) is 5. The van der Waals surface area contributed by atoms with Crippen molar-refractivity contribution in [3.8, 4) is 0 Å². The molecular weight excluding hydrogens is 316 g/mol. The molecule has 6 nitrogen and oxygen atoms in total. The maximum Gasteiger partial charge on any atom is 0.227 e. The van der Waals surface area contributed by atoms with Crippen LogP contribution in [0.15, 0.2) is 34.9 Å². The average molecular weight is 344 g/mol. The summed E-state index contributed by atoms with van der Waals surface area (Å²) in [6.07, 6.45) is 1.78. The van der Waals surface area contributed by atoms with Crippen LogP contribution in [0.25, 0.3) is 0 Å². The van der Waals surface area contributed by atoms with Crippen LogP contribution in [0.4, 0.5) is 0 Å². The molecular formula is C19H28N4O2. The third-order valence-electron chi connectivity index (χ3n) is 3.90. The predicted molar refractivity (Wildman–Crippen MR) is 97.1 cm³/mol. The van der Waals surface area contributed by atoms with E-state index in [1.54, 1.807) is 0 Å². The molecule has 0 unspecified atom stereocenters. The van der Waals surface area contributed by atoms with Crippen molar-refractivity contribution in [2.75, 3.05) is 20.1 Å². The Labute approximate surface area is 149 Å². The van der Waals surface area contributed by atoms with Gasteiger partial charge in [-0.15, -0.1) is 0 Å². The summed E-state index contributed by atoms with van der Waals surface area (Å²) in [6.45, 7) is 6.56. The van der Waals surface area contributed by atoms with Gasteiger partial charge < -0.3 is 14.7 Å². The van der Waals surface area contributed by atoms with Gasteiger partial charge in [0.15, 0.2) is 5.82 Å². The SMILES string of the molecule is CC(C)c1noc(CCC(=O)NCCCN(C)Cc2ccccc2)n1. The molecule has 1 heterocycles. The first kappa shape index (κ1) is 19.1. The molecule has 0 fully saturated rings. The van der Waals surface area contributed by atoms with Crippen LogP contribution in [-0.2, 0) is 17.8 Å². The summed E-state index contributed by atoms with van der Waals surface area (Å²) in [5, 5.41) is 6.85. The zero-order chi connectivity index (χ0) is 18.1. The summed E-state index contributed by atoms with van der Waals surface area (Å²) in [6, 6.07) is 10.4. The molecule has 2 rings (SSSR count). The highest BCUT2D eigenvalue weighted by Crippen LogP contribution is 2.10. The number of carbonyl (C=O) groups is 1. The molecule has 2 aromatic rings. The van der Waals surface area contributed by atoms with Crippen LogP contribution in [-0.4, -0.2) is 41.1 Å². The summed E-state index contributed by atoms with van der Waals surface area (Å²) in [4.78, 5) is 18.4. The van der Waals surface area contributed by atoms with Gasteiger partial charge in [0, 0.05) is 31.8 Å². The molecule has 0 aliphatic heterocycles. The maximum absolute atomic E-state index is 11.9. The summed E-state index contributed by atoms with van der Waals surface area (Å²) < 4.78 is 5.14. The van der Waals surface area contributed by atoms with Crippen molar-refractivity contribution >= 4 is 5.91 Å². The van der Waals surface area contributed by atoms with Gasteiger partial charge in [0.25, 0.3) is 0 Å². The lowest BCUT2D eigenvalue weighted by molar-refractivity contribution is -0.121. The van der Waals surface area contributed by atoms with Gasteiger partial charge in [0.1, 0.15) is 0 Å². The summed E-state index contributed by atoms with van der Waals surface area (Å²) >= 11 is 0. The van der Waals surface area contributed by atoms with E-state index < -0.39 is 0 Å². The van der Waals surface area contributed by atoms with Crippen LogP contribution in [0.3, 0.4) is 0 Å². The van der Waals surface area contributed by atoms with Crippen LogP contribution in [0.5, 0.6) is 0 Å². The third-order valence-corrected chi connectivity index (χ3v) is 3.90. The van der Waals surface area contributed by atoms with E-state index >= 15 is 0 Å². The summed E-state index contributed by atoms with van der Waals surface area (Å²) in [5.74, 6) is 1.48. The highest BCUT2D eigenvalue weighted by atomic mass is 16.5. The Balaban J connectivity index is 1.57. The van der Waals surface area contributed by atoms with Crippen molar-refractivity contribution in [2.24, 2.45) is 0 Å². The van der Waals surface area contributed by atoms with E-state index in [0.717, 1.165) is 19.5 Å². The molecule has 136 valence electrons. The van der Waals surface area contributed by atoms with Crippen molar-refractivity contribution in [1.82, 2.24) is 20.4 Å². The molecule has 1 aromatic heterocycles. The molecule has 1 N–H and O–H groups in total. The van der Waals surface area contributed by atoms with Crippen molar-refractivity contribution < 1.29 is 9.32 Å². The van der Waals surface area contributed by atoms with Crippen LogP contribution < -0.4 is 5.32 Å². The second-order valence-corrected chi connectivity index (χ2v) is 6.63. The summed E-state index contributed by atoms with van der Waals surface area (Å²) in [5.41, 5.74) is 1.30. The number of rotatable bonds is 10. The minimum atomic E-state index is 0.0232. The molecule has 0 radical (unpaired) electrons. The van der Waals surface area contributed by atoms with Gasteiger partial charge in [0.05, 0.1) is 0 Å². The van der Waals surface area contributed by atoms with Crippen LogP contribution in [0.2, 0.25) is 0 Å². The Hall–Kier alpha value is -2.21. The Bertz CT molecular complexity index is 640. The Morgan fingerprint density at radius 1 is 1.28 bits per heavy atom. The molecule has 0 aliphatic rings. The highest BCUT2D eigenvalue weighted by molar-refractivity contribution is 5.75. The van der Waals surface area contributed by atoms with Gasteiger partial charge in [-0.2, -0.15) is 4.98 Å². The van der Waals surface area contributed by atoms with Gasteiger partial charge >= 0.3 is 0 Å². The van der Waals surface area contributed by atoms with Crippen molar-refractivity contribution in [3.05, 3.63) is 47.6 Å². The van der Waals surface area contributed by atoms with E-state index in [9.17, 15) is 4.79 Å². The van der Waals surface area contributed by atoms with Gasteiger partial charge in [-0.25, -0.2) is 0 Å². The van der Waals surface area contributed by atoms with E-state index in [4.69, 9.17) is 4.52 Å². The van der Waals surface area contributed by atoms with Crippen LogP contribution in [0, 0.1) is 0 Å². The van der Waals surface area contributed by atoms with Gasteiger partial charge in [0.2, 0.25) is 11.8 Å². The molecule has 25 heavy (non-hydrogen) atoms. The van der Waals surface area contributed by atoms with Gasteiger partial charge in [-0.3, -0.25) is 4.79 Å². The number of amides is 1. The van der Waals surface area contributed by atoms with E-state index in [1.165, 1.54) is 5.56 Å². The van der Waals surface area contributed by atoms with Crippen molar-refractivity contribution in [1.29, 1.82) is 0 Å². The number of hydrogen-bond donors (Lipinski definition) is 1. The van der Waals surface area contributed by atoms with Crippen LogP contribution >= 0.6 is 0 Å². The second-order valence-electron chi connectivity index (χ2n) is 6.63. The number of aryl methyl sites for hydroxylation is 1. The first-order chi connectivity index (χ1) is 12.0. The number of nitrogens with one attached hydrogen (secondary N) is 1.